The molecule has 4 heteroatoms. The number of nitrogens with two attached hydrogens (primary N) is 1. The van der Waals surface area contributed by atoms with E-state index in [9.17, 15) is 0 Å². The van der Waals surface area contributed by atoms with Crippen LogP contribution in [0.2, 0.25) is 0 Å². The lowest BCUT2D eigenvalue weighted by molar-refractivity contribution is 0.333. The summed E-state index contributed by atoms with van der Waals surface area (Å²) >= 11 is 0. The summed E-state index contributed by atoms with van der Waals surface area (Å²) in [5.41, 5.74) is 5.40. The second-order valence-corrected chi connectivity index (χ2v) is 6.37. The number of nitrogens with one attached hydrogen (secondary N) is 1. The molecule has 0 bridgehead atoms. The Morgan fingerprint density at radius 3 is 2.55 bits per heavy atom. The lowest BCUT2D eigenvalue weighted by atomic mass is 9.88. The molecule has 1 heterocycles. The van der Waals surface area contributed by atoms with Crippen LogP contribution >= 0.6 is 0 Å². The third-order valence-corrected chi connectivity index (χ3v) is 3.41. The van der Waals surface area contributed by atoms with Gasteiger partial charge >= 0.3 is 0 Å². The van der Waals surface area contributed by atoms with Crippen molar-refractivity contribution in [3.05, 3.63) is 48.3 Å². The molecule has 0 radical (unpaired) electrons. The molecule has 0 saturated heterocycles. The van der Waals surface area contributed by atoms with Crippen molar-refractivity contribution in [2.75, 3.05) is 0 Å². The normalized spacial score (nSPS) is 13.4. The maximum absolute atomic E-state index is 5.70. The van der Waals surface area contributed by atoms with Gasteiger partial charge in [0.2, 0.25) is 0 Å². The highest BCUT2D eigenvalue weighted by atomic mass is 15.3. The number of rotatable bonds is 5. The lowest BCUT2D eigenvalue weighted by Crippen LogP contribution is -2.28. The predicted molar refractivity (Wildman–Crippen MR) is 82.3 cm³/mol. The highest BCUT2D eigenvalue weighted by molar-refractivity contribution is 5.31. The monoisotopic (exact) mass is 272 g/mol. The fourth-order valence-corrected chi connectivity index (χ4v) is 2.16. The van der Waals surface area contributed by atoms with Gasteiger partial charge in [-0.05, 0) is 30.4 Å². The quantitative estimate of drug-likeness (QED) is 0.649. The Morgan fingerprint density at radius 2 is 1.95 bits per heavy atom. The molecular formula is C16H24N4. The van der Waals surface area contributed by atoms with E-state index in [4.69, 9.17) is 5.84 Å². The van der Waals surface area contributed by atoms with Crippen LogP contribution in [-0.4, -0.2) is 9.78 Å². The first-order valence-corrected chi connectivity index (χ1v) is 7.06. The minimum absolute atomic E-state index is 0.145. The highest BCUT2D eigenvalue weighted by Gasteiger charge is 2.17. The van der Waals surface area contributed by atoms with E-state index in [1.165, 1.54) is 0 Å². The van der Waals surface area contributed by atoms with E-state index in [0.717, 1.165) is 24.1 Å². The molecule has 1 atom stereocenters. The fraction of sp³-hybridized carbons (Fsp3) is 0.438. The van der Waals surface area contributed by atoms with Gasteiger partial charge in [0.25, 0.3) is 0 Å². The van der Waals surface area contributed by atoms with Gasteiger partial charge < -0.3 is 0 Å². The molecule has 0 spiro atoms. The molecule has 0 aliphatic rings. The zero-order valence-corrected chi connectivity index (χ0v) is 12.5. The van der Waals surface area contributed by atoms with Crippen LogP contribution in [0.15, 0.2) is 42.7 Å². The van der Waals surface area contributed by atoms with Crippen molar-refractivity contribution in [2.24, 2.45) is 11.3 Å². The van der Waals surface area contributed by atoms with Gasteiger partial charge in [0.1, 0.15) is 0 Å². The number of nitrogens with zero attached hydrogens (tertiary/aromatic N) is 2. The van der Waals surface area contributed by atoms with E-state index in [1.54, 1.807) is 0 Å². The number of benzene rings is 1. The average Bonchev–Trinajstić information content (AvgIpc) is 2.89. The van der Waals surface area contributed by atoms with Crippen molar-refractivity contribution in [1.82, 2.24) is 15.2 Å². The van der Waals surface area contributed by atoms with Crippen LogP contribution in [0, 0.1) is 5.41 Å². The largest absolute Gasteiger partial charge is 0.271 e. The average molecular weight is 272 g/mol. The SMILES string of the molecule is CC(C)(C)CCC(NN)c1cnn(-c2ccccc2)c1. The number of aromatic nitrogens is 2. The molecule has 0 amide bonds. The zero-order valence-electron chi connectivity index (χ0n) is 12.5. The van der Waals surface area contributed by atoms with E-state index >= 15 is 0 Å². The van der Waals surface area contributed by atoms with Crippen molar-refractivity contribution in [2.45, 2.75) is 39.7 Å². The maximum atomic E-state index is 5.70. The minimum Gasteiger partial charge on any atom is -0.271 e. The molecule has 2 aromatic rings. The number of hydrogen-bond acceptors (Lipinski definition) is 3. The summed E-state index contributed by atoms with van der Waals surface area (Å²) in [7, 11) is 0. The Morgan fingerprint density at radius 1 is 1.25 bits per heavy atom. The summed E-state index contributed by atoms with van der Waals surface area (Å²) < 4.78 is 1.89. The summed E-state index contributed by atoms with van der Waals surface area (Å²) in [4.78, 5) is 0. The van der Waals surface area contributed by atoms with Crippen LogP contribution in [0.4, 0.5) is 0 Å². The fourth-order valence-electron chi connectivity index (χ4n) is 2.16. The van der Waals surface area contributed by atoms with Crippen LogP contribution in [0.5, 0.6) is 0 Å². The van der Waals surface area contributed by atoms with Gasteiger partial charge in [-0.3, -0.25) is 11.3 Å². The molecule has 2 rings (SSSR count). The molecule has 1 aromatic carbocycles. The zero-order chi connectivity index (χ0) is 14.6. The second-order valence-electron chi connectivity index (χ2n) is 6.37. The summed E-state index contributed by atoms with van der Waals surface area (Å²) in [6.45, 7) is 6.73. The molecule has 0 fully saturated rings. The van der Waals surface area contributed by atoms with E-state index in [0.29, 0.717) is 5.41 Å². The Bertz CT molecular complexity index is 525. The second kappa shape index (κ2) is 6.20. The first-order chi connectivity index (χ1) is 9.49. The summed E-state index contributed by atoms with van der Waals surface area (Å²) in [6.07, 6.45) is 6.04. The molecule has 0 saturated carbocycles. The van der Waals surface area contributed by atoms with Crippen LogP contribution in [0.3, 0.4) is 0 Å². The molecular weight excluding hydrogens is 248 g/mol. The van der Waals surface area contributed by atoms with E-state index in [2.05, 4.69) is 31.3 Å². The molecule has 1 aromatic heterocycles. The summed E-state index contributed by atoms with van der Waals surface area (Å²) in [5, 5.41) is 4.42. The molecule has 0 aliphatic carbocycles. The third-order valence-electron chi connectivity index (χ3n) is 3.41. The van der Waals surface area contributed by atoms with E-state index < -0.39 is 0 Å². The predicted octanol–water partition coefficient (Wildman–Crippen LogP) is 3.20. The smallest absolute Gasteiger partial charge is 0.0645 e. The van der Waals surface area contributed by atoms with E-state index in [-0.39, 0.29) is 6.04 Å². The third kappa shape index (κ3) is 3.92. The van der Waals surface area contributed by atoms with Crippen molar-refractivity contribution >= 4 is 0 Å². The lowest BCUT2D eigenvalue weighted by Gasteiger charge is -2.22. The molecule has 20 heavy (non-hydrogen) atoms. The van der Waals surface area contributed by atoms with Crippen LogP contribution in [0.1, 0.15) is 45.2 Å². The van der Waals surface area contributed by atoms with Crippen LogP contribution in [0.25, 0.3) is 5.69 Å². The highest BCUT2D eigenvalue weighted by Crippen LogP contribution is 2.27. The Labute approximate surface area is 121 Å². The van der Waals surface area contributed by atoms with Crippen molar-refractivity contribution in [1.29, 1.82) is 0 Å². The maximum Gasteiger partial charge on any atom is 0.0645 e. The first kappa shape index (κ1) is 14.8. The molecule has 4 nitrogen and oxygen atoms in total. The van der Waals surface area contributed by atoms with Gasteiger partial charge in [-0.15, -0.1) is 0 Å². The van der Waals surface area contributed by atoms with Crippen molar-refractivity contribution in [3.63, 3.8) is 0 Å². The van der Waals surface area contributed by atoms with Crippen molar-refractivity contribution < 1.29 is 0 Å². The number of para-hydroxylation sites is 1. The van der Waals surface area contributed by atoms with Gasteiger partial charge in [0.15, 0.2) is 0 Å². The standard InChI is InChI=1S/C16H24N4/c1-16(2,3)10-9-15(19-17)13-11-18-20(12-13)14-7-5-4-6-8-14/h4-8,11-12,15,19H,9-10,17H2,1-3H3. The summed E-state index contributed by atoms with van der Waals surface area (Å²) in [6, 6.07) is 10.2. The van der Waals surface area contributed by atoms with Crippen LogP contribution < -0.4 is 11.3 Å². The summed E-state index contributed by atoms with van der Waals surface area (Å²) in [5.74, 6) is 5.70. The Kier molecular flexibility index (Phi) is 4.57. The number of hydrogen-bond donors (Lipinski definition) is 2. The van der Waals surface area contributed by atoms with Crippen LogP contribution in [-0.2, 0) is 0 Å². The first-order valence-electron chi connectivity index (χ1n) is 7.06. The van der Waals surface area contributed by atoms with Gasteiger partial charge in [-0.1, -0.05) is 39.0 Å². The Balaban J connectivity index is 2.10. The number of hydrazine groups is 1. The van der Waals surface area contributed by atoms with Crippen molar-refractivity contribution in [3.8, 4) is 5.69 Å². The van der Waals surface area contributed by atoms with Gasteiger partial charge in [0.05, 0.1) is 11.9 Å². The Hall–Kier alpha value is -1.65. The topological polar surface area (TPSA) is 55.9 Å². The minimum atomic E-state index is 0.145. The van der Waals surface area contributed by atoms with Gasteiger partial charge in [0, 0.05) is 17.8 Å². The van der Waals surface area contributed by atoms with Gasteiger partial charge in [-0.2, -0.15) is 5.10 Å². The molecule has 108 valence electrons. The molecule has 3 N–H and O–H groups in total. The van der Waals surface area contributed by atoms with Gasteiger partial charge in [-0.25, -0.2) is 4.68 Å². The van der Waals surface area contributed by atoms with E-state index in [1.807, 2.05) is 47.4 Å². The molecule has 1 unspecified atom stereocenters. The molecule has 0 aliphatic heterocycles.